The Morgan fingerprint density at radius 2 is 1.89 bits per heavy atom. The van der Waals surface area contributed by atoms with Crippen molar-refractivity contribution in [1.29, 1.82) is 0 Å². The Hall–Kier alpha value is -1.01. The Kier molecular flexibility index (Phi) is 6.90. The summed E-state index contributed by atoms with van der Waals surface area (Å²) in [5.74, 6) is 0.946. The molecule has 1 atom stereocenters. The number of benzene rings is 1. The highest BCUT2D eigenvalue weighted by atomic mass is 35.5. The molecule has 0 aromatic heterocycles. The van der Waals surface area contributed by atoms with Crippen molar-refractivity contribution in [3.8, 4) is 0 Å². The summed E-state index contributed by atoms with van der Waals surface area (Å²) in [5.41, 5.74) is 0.762. The Bertz CT molecular complexity index is 654. The first-order valence-corrected chi connectivity index (χ1v) is 10.4. The minimum Gasteiger partial charge on any atom is -0.379 e. The summed E-state index contributed by atoms with van der Waals surface area (Å²) >= 11 is 12.9. The van der Waals surface area contributed by atoms with Crippen LogP contribution >= 0.6 is 23.2 Å². The second kappa shape index (κ2) is 8.99. The molecule has 0 aliphatic carbocycles. The van der Waals surface area contributed by atoms with Crippen LogP contribution in [0.1, 0.15) is 25.8 Å². The molecule has 5 nitrogen and oxygen atoms in total. The van der Waals surface area contributed by atoms with E-state index in [4.69, 9.17) is 27.9 Å². The first-order chi connectivity index (χ1) is 12.9. The van der Waals surface area contributed by atoms with Crippen molar-refractivity contribution in [3.05, 3.63) is 33.8 Å². The Balaban J connectivity index is 1.61. The van der Waals surface area contributed by atoms with Gasteiger partial charge in [-0.25, -0.2) is 0 Å². The molecule has 0 amide bonds. The summed E-state index contributed by atoms with van der Waals surface area (Å²) in [6.07, 6.45) is 1.17. The lowest BCUT2D eigenvalue weighted by Gasteiger charge is -2.33. The van der Waals surface area contributed by atoms with Gasteiger partial charge < -0.3 is 15.0 Å². The van der Waals surface area contributed by atoms with Crippen LogP contribution < -0.4 is 5.32 Å². The van der Waals surface area contributed by atoms with Crippen molar-refractivity contribution in [2.45, 2.75) is 31.7 Å². The third-order valence-electron chi connectivity index (χ3n) is 5.56. The van der Waals surface area contributed by atoms with E-state index in [9.17, 15) is 0 Å². The zero-order valence-corrected chi connectivity index (χ0v) is 18.0. The smallest absolute Gasteiger partial charge is 0.193 e. The number of hydrogen-bond donors (Lipinski definition) is 1. The molecule has 0 bridgehead atoms. The molecule has 2 fully saturated rings. The van der Waals surface area contributed by atoms with Gasteiger partial charge in [0.15, 0.2) is 5.96 Å². The molecule has 7 heteroatoms. The van der Waals surface area contributed by atoms with Crippen LogP contribution in [-0.4, -0.2) is 74.8 Å². The van der Waals surface area contributed by atoms with Gasteiger partial charge in [-0.2, -0.15) is 0 Å². The van der Waals surface area contributed by atoms with Crippen molar-refractivity contribution < 1.29 is 4.74 Å². The van der Waals surface area contributed by atoms with E-state index >= 15 is 0 Å². The molecule has 1 aromatic rings. The van der Waals surface area contributed by atoms with Crippen LogP contribution in [0.15, 0.2) is 23.2 Å². The van der Waals surface area contributed by atoms with Crippen LogP contribution in [0.4, 0.5) is 0 Å². The van der Waals surface area contributed by atoms with Crippen LogP contribution in [-0.2, 0) is 10.2 Å². The maximum absolute atomic E-state index is 6.43. The number of nitrogens with zero attached hydrogens (tertiary/aromatic N) is 3. The monoisotopic (exact) mass is 412 g/mol. The quantitative estimate of drug-likeness (QED) is 0.608. The van der Waals surface area contributed by atoms with E-state index < -0.39 is 0 Å². The highest BCUT2D eigenvalue weighted by molar-refractivity contribution is 6.36. The molecule has 2 aliphatic heterocycles. The fraction of sp³-hybridized carbons (Fsp3) is 0.650. The molecule has 2 heterocycles. The van der Waals surface area contributed by atoms with Gasteiger partial charge in [-0.15, -0.1) is 0 Å². The van der Waals surface area contributed by atoms with Crippen LogP contribution in [0.3, 0.4) is 0 Å². The van der Waals surface area contributed by atoms with E-state index in [0.717, 1.165) is 50.9 Å². The number of rotatable bonds is 4. The lowest BCUT2D eigenvalue weighted by molar-refractivity contribution is 0.0195. The number of ether oxygens (including phenoxy) is 1. The summed E-state index contributed by atoms with van der Waals surface area (Å²) in [5, 5.41) is 4.96. The van der Waals surface area contributed by atoms with Crippen LogP contribution in [0.2, 0.25) is 10.0 Å². The average molecular weight is 413 g/mol. The third kappa shape index (κ3) is 4.89. The number of guanidine groups is 1. The second-order valence-corrected chi connectivity index (χ2v) is 8.73. The molecule has 0 saturated carbocycles. The molecule has 27 heavy (non-hydrogen) atoms. The van der Waals surface area contributed by atoms with Crippen LogP contribution in [0.25, 0.3) is 0 Å². The van der Waals surface area contributed by atoms with Crippen molar-refractivity contribution in [2.75, 3.05) is 53.0 Å². The van der Waals surface area contributed by atoms with E-state index in [2.05, 4.69) is 34.0 Å². The lowest BCUT2D eigenvalue weighted by atomic mass is 9.84. The van der Waals surface area contributed by atoms with Crippen molar-refractivity contribution in [2.24, 2.45) is 4.99 Å². The predicted octanol–water partition coefficient (Wildman–Crippen LogP) is 3.25. The second-order valence-electron chi connectivity index (χ2n) is 7.92. The number of morpholine rings is 1. The SMILES string of the molecule is CN=C(NCC(C)(C)c1c(Cl)cccc1Cl)N1CCC(N2CCOCC2)C1. The summed E-state index contributed by atoms with van der Waals surface area (Å²) in [7, 11) is 1.85. The molecule has 150 valence electrons. The van der Waals surface area contributed by atoms with Gasteiger partial charge in [0, 0.05) is 61.3 Å². The number of aliphatic imine (C=N–C) groups is 1. The highest BCUT2D eigenvalue weighted by Crippen LogP contribution is 2.35. The van der Waals surface area contributed by atoms with Crippen LogP contribution in [0, 0.1) is 0 Å². The van der Waals surface area contributed by atoms with Crippen molar-refractivity contribution in [3.63, 3.8) is 0 Å². The van der Waals surface area contributed by atoms with Gasteiger partial charge in [-0.1, -0.05) is 43.1 Å². The van der Waals surface area contributed by atoms with Gasteiger partial charge in [-0.3, -0.25) is 9.89 Å². The topological polar surface area (TPSA) is 40.1 Å². The molecule has 0 radical (unpaired) electrons. The summed E-state index contributed by atoms with van der Waals surface area (Å²) < 4.78 is 5.48. The summed E-state index contributed by atoms with van der Waals surface area (Å²) in [6.45, 7) is 10.8. The minimum atomic E-state index is -0.214. The molecular formula is C20H30Cl2N4O. The number of likely N-dealkylation sites (tertiary alicyclic amines) is 1. The van der Waals surface area contributed by atoms with Gasteiger partial charge in [0.25, 0.3) is 0 Å². The first kappa shape index (κ1) is 20.7. The maximum atomic E-state index is 6.43. The van der Waals surface area contributed by atoms with Gasteiger partial charge in [0.1, 0.15) is 0 Å². The van der Waals surface area contributed by atoms with E-state index in [1.165, 1.54) is 6.42 Å². The molecule has 3 rings (SSSR count). The van der Waals surface area contributed by atoms with Crippen LogP contribution in [0.5, 0.6) is 0 Å². The summed E-state index contributed by atoms with van der Waals surface area (Å²) in [4.78, 5) is 9.41. The number of hydrogen-bond acceptors (Lipinski definition) is 3. The highest BCUT2D eigenvalue weighted by Gasteiger charge is 2.32. The molecule has 1 N–H and O–H groups in total. The Morgan fingerprint density at radius 1 is 1.22 bits per heavy atom. The predicted molar refractivity (Wildman–Crippen MR) is 113 cm³/mol. The lowest BCUT2D eigenvalue weighted by Crippen LogP contribution is -2.48. The minimum absolute atomic E-state index is 0.214. The molecule has 2 saturated heterocycles. The van der Waals surface area contributed by atoms with Crippen molar-refractivity contribution >= 4 is 29.2 Å². The van der Waals surface area contributed by atoms with Gasteiger partial charge in [-0.05, 0) is 24.1 Å². The normalized spacial score (nSPS) is 22.3. The zero-order valence-electron chi connectivity index (χ0n) is 16.5. The third-order valence-corrected chi connectivity index (χ3v) is 6.19. The van der Waals surface area contributed by atoms with Gasteiger partial charge in [0.2, 0.25) is 0 Å². The van der Waals surface area contributed by atoms with E-state index in [1.807, 2.05) is 25.2 Å². The molecule has 1 aromatic carbocycles. The van der Waals surface area contributed by atoms with E-state index in [1.54, 1.807) is 0 Å². The summed E-state index contributed by atoms with van der Waals surface area (Å²) in [6, 6.07) is 6.25. The standard InChI is InChI=1S/C20H30Cl2N4O/c1-20(2,18-16(21)5-4-6-17(18)22)14-24-19(23-3)26-8-7-15(13-26)25-9-11-27-12-10-25/h4-6,15H,7-14H2,1-3H3,(H,23,24). The van der Waals surface area contributed by atoms with E-state index in [0.29, 0.717) is 22.6 Å². The fourth-order valence-corrected chi connectivity index (χ4v) is 4.95. The van der Waals surface area contributed by atoms with Crippen molar-refractivity contribution in [1.82, 2.24) is 15.1 Å². The molecule has 2 aliphatic rings. The Morgan fingerprint density at radius 3 is 2.52 bits per heavy atom. The number of halogens is 2. The molecule has 0 spiro atoms. The fourth-order valence-electron chi connectivity index (χ4n) is 4.04. The maximum Gasteiger partial charge on any atom is 0.193 e. The molecule has 1 unspecified atom stereocenters. The van der Waals surface area contributed by atoms with Gasteiger partial charge >= 0.3 is 0 Å². The number of nitrogens with one attached hydrogen (secondary N) is 1. The Labute approximate surface area is 172 Å². The zero-order chi connectivity index (χ0) is 19.4. The first-order valence-electron chi connectivity index (χ1n) is 9.64. The molecular weight excluding hydrogens is 383 g/mol. The van der Waals surface area contributed by atoms with E-state index in [-0.39, 0.29) is 5.41 Å². The largest absolute Gasteiger partial charge is 0.379 e. The van der Waals surface area contributed by atoms with Gasteiger partial charge in [0.05, 0.1) is 13.2 Å². The average Bonchev–Trinajstić information content (AvgIpc) is 3.12.